The number of benzene rings is 1. The minimum Gasteiger partial charge on any atom is -0.350 e. The summed E-state index contributed by atoms with van der Waals surface area (Å²) in [5.41, 5.74) is 4.02. The molecule has 1 amide bonds. The molecule has 3 N–H and O–H groups in total. The van der Waals surface area contributed by atoms with Gasteiger partial charge in [-0.25, -0.2) is 0 Å². The summed E-state index contributed by atoms with van der Waals surface area (Å²) in [6.45, 7) is 2.06. The summed E-state index contributed by atoms with van der Waals surface area (Å²) < 4.78 is 38.1. The zero-order chi connectivity index (χ0) is 13.8. The van der Waals surface area contributed by atoms with Crippen LogP contribution in [0.15, 0.2) is 24.3 Å². The second-order valence-electron chi connectivity index (χ2n) is 4.00. The summed E-state index contributed by atoms with van der Waals surface area (Å²) in [4.78, 5) is 11.7. The van der Waals surface area contributed by atoms with Crippen LogP contribution in [0.3, 0.4) is 0 Å². The summed E-state index contributed by atoms with van der Waals surface area (Å²) in [6.07, 6.45) is -4.02. The molecule has 1 atom stereocenters. The van der Waals surface area contributed by atoms with E-state index in [1.165, 1.54) is 12.1 Å². The van der Waals surface area contributed by atoms with E-state index in [0.29, 0.717) is 13.0 Å². The Morgan fingerprint density at radius 3 is 2.56 bits per heavy atom. The highest BCUT2D eigenvalue weighted by Gasteiger charge is 2.34. The lowest BCUT2D eigenvalue weighted by Gasteiger charge is -2.16. The van der Waals surface area contributed by atoms with Crippen molar-refractivity contribution in [3.8, 4) is 0 Å². The molecule has 1 aromatic carbocycles. The van der Waals surface area contributed by atoms with Crippen LogP contribution in [0.4, 0.5) is 13.2 Å². The molecule has 3 nitrogen and oxygen atoms in total. The molecule has 0 saturated carbocycles. The number of hydrogen-bond acceptors (Lipinski definition) is 2. The summed E-state index contributed by atoms with van der Waals surface area (Å²) >= 11 is 0. The number of nitrogens with two attached hydrogens (primary N) is 1. The lowest BCUT2D eigenvalue weighted by molar-refractivity contribution is -0.137. The topological polar surface area (TPSA) is 55.1 Å². The number of alkyl halides is 3. The van der Waals surface area contributed by atoms with Gasteiger partial charge in [-0.15, -0.1) is 0 Å². The Bertz CT molecular complexity index is 418. The van der Waals surface area contributed by atoms with Crippen molar-refractivity contribution in [2.75, 3.05) is 6.54 Å². The first-order chi connectivity index (χ1) is 8.36. The van der Waals surface area contributed by atoms with Crippen molar-refractivity contribution in [1.82, 2.24) is 5.32 Å². The van der Waals surface area contributed by atoms with Crippen LogP contribution in [0, 0.1) is 0 Å². The maximum atomic E-state index is 12.7. The lowest BCUT2D eigenvalue weighted by atomic mass is 10.1. The van der Waals surface area contributed by atoms with Gasteiger partial charge in [-0.3, -0.25) is 4.79 Å². The third-order valence-corrected chi connectivity index (χ3v) is 2.45. The summed E-state index contributed by atoms with van der Waals surface area (Å²) in [6, 6.07) is 4.44. The van der Waals surface area contributed by atoms with Gasteiger partial charge in [-0.1, -0.05) is 12.1 Å². The quantitative estimate of drug-likeness (QED) is 0.871. The van der Waals surface area contributed by atoms with Gasteiger partial charge in [0.2, 0.25) is 0 Å². The molecule has 0 aliphatic rings. The van der Waals surface area contributed by atoms with E-state index in [-0.39, 0.29) is 11.6 Å². The molecule has 6 heteroatoms. The average molecular weight is 260 g/mol. The van der Waals surface area contributed by atoms with Crippen LogP contribution in [-0.4, -0.2) is 18.5 Å². The minimum absolute atomic E-state index is 0.260. The monoisotopic (exact) mass is 260 g/mol. The zero-order valence-corrected chi connectivity index (χ0v) is 9.92. The Kier molecular flexibility index (Phi) is 4.72. The van der Waals surface area contributed by atoms with Crippen LogP contribution in [-0.2, 0) is 6.18 Å². The standard InChI is InChI=1S/C12H15F3N2O/c1-8(6-7-16)17-11(18)9-4-2-3-5-10(9)12(13,14)15/h2-5,8H,6-7,16H2,1H3,(H,17,18). The maximum Gasteiger partial charge on any atom is 0.417 e. The van der Waals surface area contributed by atoms with Crippen molar-refractivity contribution in [3.05, 3.63) is 35.4 Å². The molecular formula is C12H15F3N2O. The molecule has 0 aliphatic heterocycles. The molecule has 1 aromatic rings. The number of nitrogens with one attached hydrogen (secondary N) is 1. The van der Waals surface area contributed by atoms with Crippen molar-refractivity contribution in [1.29, 1.82) is 0 Å². The first kappa shape index (κ1) is 14.5. The molecule has 0 aromatic heterocycles. The molecule has 0 fully saturated rings. The van der Waals surface area contributed by atoms with Gasteiger partial charge in [-0.2, -0.15) is 13.2 Å². The van der Waals surface area contributed by atoms with Gasteiger partial charge in [0.25, 0.3) is 5.91 Å². The zero-order valence-electron chi connectivity index (χ0n) is 9.92. The summed E-state index contributed by atoms with van der Waals surface area (Å²) in [5, 5.41) is 2.49. The second kappa shape index (κ2) is 5.86. The Morgan fingerprint density at radius 1 is 1.39 bits per heavy atom. The van der Waals surface area contributed by atoms with Crippen LogP contribution < -0.4 is 11.1 Å². The van der Waals surface area contributed by atoms with E-state index in [2.05, 4.69) is 5.32 Å². The Balaban J connectivity index is 2.93. The molecule has 1 rings (SSSR count). The molecule has 18 heavy (non-hydrogen) atoms. The highest BCUT2D eigenvalue weighted by molar-refractivity contribution is 5.96. The van der Waals surface area contributed by atoms with Gasteiger partial charge in [0.15, 0.2) is 0 Å². The van der Waals surface area contributed by atoms with Gasteiger partial charge in [0, 0.05) is 6.04 Å². The predicted octanol–water partition coefficient (Wildman–Crippen LogP) is 2.17. The molecule has 1 unspecified atom stereocenters. The smallest absolute Gasteiger partial charge is 0.350 e. The minimum atomic E-state index is -4.54. The lowest BCUT2D eigenvalue weighted by Crippen LogP contribution is -2.35. The fourth-order valence-corrected chi connectivity index (χ4v) is 1.55. The van der Waals surface area contributed by atoms with Gasteiger partial charge >= 0.3 is 6.18 Å². The van der Waals surface area contributed by atoms with Crippen molar-refractivity contribution in [2.45, 2.75) is 25.6 Å². The van der Waals surface area contributed by atoms with Crippen LogP contribution in [0.1, 0.15) is 29.3 Å². The van der Waals surface area contributed by atoms with E-state index in [9.17, 15) is 18.0 Å². The average Bonchev–Trinajstić information content (AvgIpc) is 2.28. The fourth-order valence-electron chi connectivity index (χ4n) is 1.55. The Hall–Kier alpha value is -1.56. The SMILES string of the molecule is CC(CCN)NC(=O)c1ccccc1C(F)(F)F. The first-order valence-corrected chi connectivity index (χ1v) is 5.53. The molecular weight excluding hydrogens is 245 g/mol. The number of halogens is 3. The van der Waals surface area contributed by atoms with E-state index in [0.717, 1.165) is 12.1 Å². The third-order valence-electron chi connectivity index (χ3n) is 2.45. The molecule has 0 heterocycles. The van der Waals surface area contributed by atoms with E-state index < -0.39 is 17.6 Å². The van der Waals surface area contributed by atoms with Gasteiger partial charge in [0.05, 0.1) is 11.1 Å². The number of carbonyl (C=O) groups is 1. The van der Waals surface area contributed by atoms with E-state index in [1.807, 2.05) is 0 Å². The molecule has 100 valence electrons. The molecule has 0 saturated heterocycles. The Morgan fingerprint density at radius 2 is 2.00 bits per heavy atom. The highest BCUT2D eigenvalue weighted by atomic mass is 19.4. The van der Waals surface area contributed by atoms with Crippen LogP contribution >= 0.6 is 0 Å². The number of rotatable bonds is 4. The van der Waals surface area contributed by atoms with Gasteiger partial charge < -0.3 is 11.1 Å². The number of hydrogen-bond donors (Lipinski definition) is 2. The second-order valence-corrected chi connectivity index (χ2v) is 4.00. The predicted molar refractivity (Wildman–Crippen MR) is 62.0 cm³/mol. The number of carbonyl (C=O) groups excluding carboxylic acids is 1. The normalized spacial score (nSPS) is 13.2. The van der Waals surface area contributed by atoms with Crippen LogP contribution in [0.2, 0.25) is 0 Å². The number of amides is 1. The first-order valence-electron chi connectivity index (χ1n) is 5.53. The molecule has 0 radical (unpaired) electrons. The molecule has 0 spiro atoms. The van der Waals surface area contributed by atoms with Crippen molar-refractivity contribution in [2.24, 2.45) is 5.73 Å². The summed E-state index contributed by atoms with van der Waals surface area (Å²) in [7, 11) is 0. The maximum absolute atomic E-state index is 12.7. The Labute approximate surface area is 103 Å². The largest absolute Gasteiger partial charge is 0.417 e. The third kappa shape index (κ3) is 3.73. The van der Waals surface area contributed by atoms with Crippen molar-refractivity contribution in [3.63, 3.8) is 0 Å². The van der Waals surface area contributed by atoms with E-state index in [4.69, 9.17) is 5.73 Å². The van der Waals surface area contributed by atoms with Crippen LogP contribution in [0.25, 0.3) is 0 Å². The summed E-state index contributed by atoms with van der Waals surface area (Å²) in [5.74, 6) is -0.733. The van der Waals surface area contributed by atoms with Crippen LogP contribution in [0.5, 0.6) is 0 Å². The van der Waals surface area contributed by atoms with Crippen molar-refractivity contribution >= 4 is 5.91 Å². The van der Waals surface area contributed by atoms with Crippen molar-refractivity contribution < 1.29 is 18.0 Å². The van der Waals surface area contributed by atoms with Gasteiger partial charge in [-0.05, 0) is 32.0 Å². The van der Waals surface area contributed by atoms with Gasteiger partial charge in [0.1, 0.15) is 0 Å². The molecule has 0 aliphatic carbocycles. The molecule has 0 bridgehead atoms. The fraction of sp³-hybridized carbons (Fsp3) is 0.417. The highest BCUT2D eigenvalue weighted by Crippen LogP contribution is 2.31. The van der Waals surface area contributed by atoms with E-state index in [1.54, 1.807) is 6.92 Å². The van der Waals surface area contributed by atoms with E-state index >= 15 is 0 Å².